The zero-order valence-corrected chi connectivity index (χ0v) is 12.0. The second-order valence-corrected chi connectivity index (χ2v) is 5.46. The van der Waals surface area contributed by atoms with Crippen molar-refractivity contribution in [3.05, 3.63) is 51.2 Å². The normalized spacial score (nSPS) is 12.4. The van der Waals surface area contributed by atoms with Crippen LogP contribution in [-0.4, -0.2) is 13.7 Å². The van der Waals surface area contributed by atoms with Gasteiger partial charge in [0.25, 0.3) is 0 Å². The topological polar surface area (TPSA) is 21.3 Å². The Morgan fingerprint density at radius 1 is 1.28 bits per heavy atom. The van der Waals surface area contributed by atoms with E-state index in [9.17, 15) is 0 Å². The average molecular weight is 282 g/mol. The molecule has 0 aliphatic rings. The molecule has 1 aromatic carbocycles. The smallest absolute Gasteiger partial charge is 0.119 e. The van der Waals surface area contributed by atoms with Crippen molar-refractivity contribution in [1.82, 2.24) is 5.32 Å². The Morgan fingerprint density at radius 2 is 2.00 bits per heavy atom. The van der Waals surface area contributed by atoms with E-state index in [0.29, 0.717) is 6.61 Å². The highest BCUT2D eigenvalue weighted by Gasteiger charge is 2.13. The van der Waals surface area contributed by atoms with E-state index in [2.05, 4.69) is 23.7 Å². The first-order chi connectivity index (χ1) is 8.70. The third kappa shape index (κ3) is 3.25. The summed E-state index contributed by atoms with van der Waals surface area (Å²) in [6, 6.07) is 9.79. The summed E-state index contributed by atoms with van der Waals surface area (Å²) in [7, 11) is 1.95. The maximum Gasteiger partial charge on any atom is 0.119 e. The molecule has 0 fully saturated rings. The minimum Gasteiger partial charge on any atom is -0.492 e. The molecule has 2 nitrogen and oxygen atoms in total. The van der Waals surface area contributed by atoms with Crippen LogP contribution in [-0.2, 0) is 0 Å². The zero-order chi connectivity index (χ0) is 13.0. The first-order valence-corrected chi connectivity index (χ1v) is 7.06. The Balaban J connectivity index is 2.00. The maximum absolute atomic E-state index is 5.84. The summed E-state index contributed by atoms with van der Waals surface area (Å²) in [5.74, 6) is 0.842. The van der Waals surface area contributed by atoms with Crippen LogP contribution in [0, 0.1) is 6.92 Å². The molecule has 4 heteroatoms. The lowest BCUT2D eigenvalue weighted by atomic mass is 10.2. The second-order valence-electron chi connectivity index (χ2n) is 4.07. The number of hydrogen-bond donors (Lipinski definition) is 1. The predicted molar refractivity (Wildman–Crippen MR) is 77.8 cm³/mol. The van der Waals surface area contributed by atoms with Crippen LogP contribution in [0.15, 0.2) is 35.7 Å². The van der Waals surface area contributed by atoms with E-state index in [-0.39, 0.29) is 6.04 Å². The van der Waals surface area contributed by atoms with Crippen molar-refractivity contribution in [2.24, 2.45) is 0 Å². The number of hydrogen-bond acceptors (Lipinski definition) is 3. The molecule has 0 radical (unpaired) electrons. The van der Waals surface area contributed by atoms with E-state index in [1.54, 1.807) is 11.3 Å². The molecule has 1 N–H and O–H groups in total. The molecule has 2 aromatic rings. The second kappa shape index (κ2) is 6.23. The van der Waals surface area contributed by atoms with E-state index in [1.165, 1.54) is 10.4 Å². The van der Waals surface area contributed by atoms with Crippen LogP contribution in [0.1, 0.15) is 16.5 Å². The highest BCUT2D eigenvalue weighted by Crippen LogP contribution is 2.25. The van der Waals surface area contributed by atoms with Gasteiger partial charge < -0.3 is 10.1 Å². The SMILES string of the molecule is CNC(COc1ccc(Cl)cc1)c1sccc1C. The maximum atomic E-state index is 5.84. The van der Waals surface area contributed by atoms with Gasteiger partial charge in [-0.25, -0.2) is 0 Å². The number of rotatable bonds is 5. The van der Waals surface area contributed by atoms with Crippen molar-refractivity contribution < 1.29 is 4.74 Å². The van der Waals surface area contributed by atoms with Gasteiger partial charge in [-0.3, -0.25) is 0 Å². The highest BCUT2D eigenvalue weighted by atomic mass is 35.5. The Hall–Kier alpha value is -1.03. The van der Waals surface area contributed by atoms with Crippen LogP contribution in [0.4, 0.5) is 0 Å². The summed E-state index contributed by atoms with van der Waals surface area (Å²) in [6.45, 7) is 2.73. The molecule has 96 valence electrons. The Morgan fingerprint density at radius 3 is 2.56 bits per heavy atom. The molecule has 0 aliphatic carbocycles. The van der Waals surface area contributed by atoms with E-state index in [4.69, 9.17) is 16.3 Å². The van der Waals surface area contributed by atoms with Crippen LogP contribution >= 0.6 is 22.9 Å². The van der Waals surface area contributed by atoms with Gasteiger partial charge in [0.15, 0.2) is 0 Å². The fraction of sp³-hybridized carbons (Fsp3) is 0.286. The summed E-state index contributed by atoms with van der Waals surface area (Å²) in [5, 5.41) is 6.12. The minimum atomic E-state index is 0.223. The summed E-state index contributed by atoms with van der Waals surface area (Å²) in [6.07, 6.45) is 0. The van der Waals surface area contributed by atoms with Crippen LogP contribution < -0.4 is 10.1 Å². The number of halogens is 1. The molecule has 1 atom stereocenters. The zero-order valence-electron chi connectivity index (χ0n) is 10.4. The van der Waals surface area contributed by atoms with Gasteiger partial charge in [0.1, 0.15) is 12.4 Å². The number of benzene rings is 1. The lowest BCUT2D eigenvalue weighted by Gasteiger charge is -2.16. The van der Waals surface area contributed by atoms with Gasteiger partial charge in [0.05, 0.1) is 6.04 Å². The van der Waals surface area contributed by atoms with Gasteiger partial charge in [-0.2, -0.15) is 0 Å². The van der Waals surface area contributed by atoms with Crippen molar-refractivity contribution in [1.29, 1.82) is 0 Å². The molecule has 0 bridgehead atoms. The molecule has 18 heavy (non-hydrogen) atoms. The van der Waals surface area contributed by atoms with Crippen LogP contribution in [0.3, 0.4) is 0 Å². The van der Waals surface area contributed by atoms with Crippen molar-refractivity contribution in [3.8, 4) is 5.75 Å². The molecule has 1 unspecified atom stereocenters. The van der Waals surface area contributed by atoms with Gasteiger partial charge in [0, 0.05) is 9.90 Å². The van der Waals surface area contributed by atoms with E-state index < -0.39 is 0 Å². The number of ether oxygens (including phenoxy) is 1. The Bertz CT molecular complexity index is 495. The summed E-state index contributed by atoms with van der Waals surface area (Å²) in [4.78, 5) is 1.33. The summed E-state index contributed by atoms with van der Waals surface area (Å²) >= 11 is 7.59. The molecular weight excluding hydrogens is 266 g/mol. The lowest BCUT2D eigenvalue weighted by Crippen LogP contribution is -2.23. The predicted octanol–water partition coefficient (Wildman–Crippen LogP) is 4.05. The van der Waals surface area contributed by atoms with Crippen molar-refractivity contribution >= 4 is 22.9 Å². The molecule has 1 heterocycles. The third-order valence-corrected chi connectivity index (χ3v) is 4.18. The molecule has 0 saturated heterocycles. The van der Waals surface area contributed by atoms with Crippen molar-refractivity contribution in [3.63, 3.8) is 0 Å². The summed E-state index contributed by atoms with van der Waals surface area (Å²) in [5.41, 5.74) is 1.30. The van der Waals surface area contributed by atoms with Crippen LogP contribution in [0.25, 0.3) is 0 Å². The first kappa shape index (κ1) is 13.4. The quantitative estimate of drug-likeness (QED) is 0.893. The van der Waals surface area contributed by atoms with Gasteiger partial charge >= 0.3 is 0 Å². The number of thiophene rings is 1. The van der Waals surface area contributed by atoms with E-state index in [0.717, 1.165) is 10.8 Å². The fourth-order valence-electron chi connectivity index (χ4n) is 1.74. The van der Waals surface area contributed by atoms with Gasteiger partial charge in [-0.15, -0.1) is 11.3 Å². The molecule has 0 saturated carbocycles. The molecule has 1 aromatic heterocycles. The van der Waals surface area contributed by atoms with Gasteiger partial charge in [-0.05, 0) is 55.2 Å². The van der Waals surface area contributed by atoms with E-state index in [1.807, 2.05) is 31.3 Å². The lowest BCUT2D eigenvalue weighted by molar-refractivity contribution is 0.274. The number of aryl methyl sites for hydroxylation is 1. The Kier molecular flexibility index (Phi) is 4.64. The Labute approximate surface area is 117 Å². The number of likely N-dealkylation sites (N-methyl/N-ethyl adjacent to an activating group) is 1. The van der Waals surface area contributed by atoms with Gasteiger partial charge in [-0.1, -0.05) is 11.6 Å². The summed E-state index contributed by atoms with van der Waals surface area (Å²) < 4.78 is 5.78. The van der Waals surface area contributed by atoms with E-state index >= 15 is 0 Å². The highest BCUT2D eigenvalue weighted by molar-refractivity contribution is 7.10. The average Bonchev–Trinajstić information content (AvgIpc) is 2.79. The van der Waals surface area contributed by atoms with Crippen molar-refractivity contribution in [2.75, 3.05) is 13.7 Å². The van der Waals surface area contributed by atoms with Gasteiger partial charge in [0.2, 0.25) is 0 Å². The molecule has 0 amide bonds. The molecule has 2 rings (SSSR count). The molecule has 0 spiro atoms. The first-order valence-electron chi connectivity index (χ1n) is 5.80. The third-order valence-electron chi connectivity index (χ3n) is 2.80. The van der Waals surface area contributed by atoms with Crippen molar-refractivity contribution in [2.45, 2.75) is 13.0 Å². The number of nitrogens with one attached hydrogen (secondary N) is 1. The largest absolute Gasteiger partial charge is 0.492 e. The monoisotopic (exact) mass is 281 g/mol. The minimum absolute atomic E-state index is 0.223. The fourth-order valence-corrected chi connectivity index (χ4v) is 2.89. The van der Waals surface area contributed by atoms with Crippen LogP contribution in [0.5, 0.6) is 5.75 Å². The van der Waals surface area contributed by atoms with Crippen LogP contribution in [0.2, 0.25) is 5.02 Å². The standard InChI is InChI=1S/C14H16ClNOS/c1-10-7-8-18-14(10)13(16-2)9-17-12-5-3-11(15)4-6-12/h3-8,13,16H,9H2,1-2H3. The molecular formula is C14H16ClNOS. The molecule has 0 aliphatic heterocycles.